The quantitative estimate of drug-likeness (QED) is 0.152. The molecule has 0 unspecified atom stereocenters. The van der Waals surface area contributed by atoms with E-state index in [-0.39, 0.29) is 0 Å². The summed E-state index contributed by atoms with van der Waals surface area (Å²) in [6, 6.07) is 98.2. The highest BCUT2D eigenvalue weighted by molar-refractivity contribution is 6.31. The number of hydrogen-bond donors (Lipinski definition) is 0. The Bertz CT molecular complexity index is 4540. The smallest absolute Gasteiger partial charge is 0.160 e. The van der Waals surface area contributed by atoms with Gasteiger partial charge in [0.15, 0.2) is 5.82 Å². The van der Waals surface area contributed by atoms with E-state index in [1.54, 1.807) is 0 Å². The molecule has 0 spiro atoms. The highest BCUT2D eigenvalue weighted by Gasteiger charge is 2.27. The Hall–Kier alpha value is -10.1. The molecule has 350 valence electrons. The van der Waals surface area contributed by atoms with E-state index in [4.69, 9.17) is 9.97 Å². The van der Waals surface area contributed by atoms with Crippen molar-refractivity contribution in [1.82, 2.24) is 23.7 Å². The third kappa shape index (κ3) is 6.79. The van der Waals surface area contributed by atoms with Crippen molar-refractivity contribution < 1.29 is 0 Å². The van der Waals surface area contributed by atoms with Crippen LogP contribution >= 0.6 is 0 Å². The average molecular weight is 956 g/mol. The van der Waals surface area contributed by atoms with Crippen LogP contribution < -0.4 is 0 Å². The molecule has 11 aromatic carbocycles. The lowest BCUT2D eigenvalue weighted by Crippen LogP contribution is -2.03. The van der Waals surface area contributed by atoms with Crippen LogP contribution in [0.15, 0.2) is 273 Å². The fourth-order valence-electron chi connectivity index (χ4n) is 11.8. The summed E-state index contributed by atoms with van der Waals surface area (Å²) < 4.78 is 7.50. The van der Waals surface area contributed by atoms with E-state index in [9.17, 15) is 0 Å². The summed E-state index contributed by atoms with van der Waals surface area (Å²) in [5, 5.41) is 7.23. The van der Waals surface area contributed by atoms with Gasteiger partial charge in [-0.3, -0.25) is 0 Å². The van der Waals surface area contributed by atoms with Crippen LogP contribution in [0.3, 0.4) is 0 Å². The van der Waals surface area contributed by atoms with Gasteiger partial charge in [-0.2, -0.15) is 0 Å². The maximum Gasteiger partial charge on any atom is 0.160 e. The van der Waals surface area contributed by atoms with Crippen molar-refractivity contribution >= 4 is 65.4 Å². The molecule has 4 heterocycles. The molecule has 0 atom stereocenters. The van der Waals surface area contributed by atoms with Crippen molar-refractivity contribution in [2.45, 2.75) is 0 Å². The van der Waals surface area contributed by atoms with Gasteiger partial charge in [-0.15, -0.1) is 0 Å². The second-order valence-electron chi connectivity index (χ2n) is 19.3. The van der Waals surface area contributed by atoms with E-state index >= 15 is 0 Å². The first-order valence-corrected chi connectivity index (χ1v) is 25.6. The van der Waals surface area contributed by atoms with Gasteiger partial charge in [0.25, 0.3) is 0 Å². The summed E-state index contributed by atoms with van der Waals surface area (Å²) in [4.78, 5) is 10.8. The molecule has 0 bridgehead atoms. The fraction of sp³-hybridized carbons (Fsp3) is 0. The van der Waals surface area contributed by atoms with E-state index < -0.39 is 0 Å². The van der Waals surface area contributed by atoms with Gasteiger partial charge in [0.2, 0.25) is 0 Å². The van der Waals surface area contributed by atoms with Crippen molar-refractivity contribution in [2.24, 2.45) is 0 Å². The summed E-state index contributed by atoms with van der Waals surface area (Å²) in [6.07, 6.45) is 0. The predicted octanol–water partition coefficient (Wildman–Crippen LogP) is 18.1. The molecule has 0 fully saturated rings. The summed E-state index contributed by atoms with van der Waals surface area (Å²) in [6.45, 7) is 0. The third-order valence-electron chi connectivity index (χ3n) is 15.0. The van der Waals surface area contributed by atoms with Gasteiger partial charge in [-0.1, -0.05) is 206 Å². The van der Waals surface area contributed by atoms with Gasteiger partial charge in [0, 0.05) is 71.5 Å². The van der Waals surface area contributed by atoms with E-state index in [0.29, 0.717) is 5.82 Å². The van der Waals surface area contributed by atoms with Crippen LogP contribution in [0.1, 0.15) is 0 Å². The van der Waals surface area contributed by atoms with Crippen molar-refractivity contribution in [1.29, 1.82) is 0 Å². The maximum atomic E-state index is 5.39. The lowest BCUT2D eigenvalue weighted by molar-refractivity contribution is 1.16. The van der Waals surface area contributed by atoms with Crippen LogP contribution in [0.5, 0.6) is 0 Å². The maximum absolute atomic E-state index is 5.39. The van der Waals surface area contributed by atoms with Gasteiger partial charge in [-0.05, 0) is 77.9 Å². The van der Waals surface area contributed by atoms with Crippen molar-refractivity contribution in [3.05, 3.63) is 273 Å². The standard InChI is InChI=1S/C70H45N5/c1-7-23-46(24-8-1)57-43-50(70-71-59(48-27-11-3-12-28-48)45-60(72-70)49-29-13-4-14-30-49)44-58(47-25-9-2-10-26-47)67(57)75-62-38-22-20-36-56(62)66-64(75)42-40-54-53-39-41-63-65(68(53)74(69(54)66)52-33-17-6-18-34-52)55-35-19-21-37-61(55)73(63)51-31-15-5-16-32-51/h1-45H. The number of benzene rings is 11. The number of nitrogens with zero attached hydrogens (tertiary/aromatic N) is 5. The van der Waals surface area contributed by atoms with E-state index in [1.807, 2.05) is 12.1 Å². The number of fused-ring (bicyclic) bond motifs is 11. The van der Waals surface area contributed by atoms with Crippen LogP contribution in [0.25, 0.3) is 139 Å². The lowest BCUT2D eigenvalue weighted by atomic mass is 9.92. The molecule has 5 heteroatoms. The minimum absolute atomic E-state index is 0.660. The van der Waals surface area contributed by atoms with Gasteiger partial charge in [-0.25, -0.2) is 9.97 Å². The molecule has 75 heavy (non-hydrogen) atoms. The Morgan fingerprint density at radius 2 is 0.627 bits per heavy atom. The number of rotatable bonds is 8. The Morgan fingerprint density at radius 1 is 0.253 bits per heavy atom. The van der Waals surface area contributed by atoms with Crippen LogP contribution in [0.2, 0.25) is 0 Å². The second kappa shape index (κ2) is 17.3. The van der Waals surface area contributed by atoms with Crippen LogP contribution in [-0.4, -0.2) is 23.7 Å². The lowest BCUT2D eigenvalue weighted by Gasteiger charge is -2.21. The molecule has 4 aromatic heterocycles. The molecule has 0 aliphatic heterocycles. The summed E-state index contributed by atoms with van der Waals surface area (Å²) in [5.41, 5.74) is 19.3. The van der Waals surface area contributed by atoms with Crippen LogP contribution in [0, 0.1) is 0 Å². The second-order valence-corrected chi connectivity index (χ2v) is 19.3. The van der Waals surface area contributed by atoms with E-state index in [1.165, 1.54) is 54.4 Å². The molecule has 15 rings (SSSR count). The van der Waals surface area contributed by atoms with Gasteiger partial charge < -0.3 is 13.7 Å². The molecule has 0 saturated carbocycles. The Kier molecular flexibility index (Phi) is 9.82. The highest BCUT2D eigenvalue weighted by Crippen LogP contribution is 2.49. The molecule has 0 aliphatic rings. The molecule has 15 aromatic rings. The Balaban J connectivity index is 1.08. The average Bonchev–Trinajstić information content (AvgIpc) is 4.28. The molecule has 0 amide bonds. The molecule has 0 saturated heterocycles. The Labute approximate surface area is 433 Å². The van der Waals surface area contributed by atoms with Crippen molar-refractivity contribution in [2.75, 3.05) is 0 Å². The first kappa shape index (κ1) is 42.6. The zero-order chi connectivity index (χ0) is 49.4. The minimum Gasteiger partial charge on any atom is -0.309 e. The molecular weight excluding hydrogens is 911 g/mol. The predicted molar refractivity (Wildman–Crippen MR) is 312 cm³/mol. The monoisotopic (exact) mass is 955 g/mol. The van der Waals surface area contributed by atoms with Gasteiger partial charge in [0.05, 0.1) is 50.2 Å². The van der Waals surface area contributed by atoms with Crippen LogP contribution in [-0.2, 0) is 0 Å². The normalized spacial score (nSPS) is 11.7. The summed E-state index contributed by atoms with van der Waals surface area (Å²) >= 11 is 0. The van der Waals surface area contributed by atoms with Crippen LogP contribution in [0.4, 0.5) is 0 Å². The number of aromatic nitrogens is 5. The first-order chi connectivity index (χ1) is 37.2. The van der Waals surface area contributed by atoms with Crippen molar-refractivity contribution in [3.8, 4) is 73.2 Å². The molecule has 0 N–H and O–H groups in total. The molecule has 0 radical (unpaired) electrons. The number of para-hydroxylation sites is 4. The topological polar surface area (TPSA) is 40.6 Å². The largest absolute Gasteiger partial charge is 0.309 e. The number of hydrogen-bond acceptors (Lipinski definition) is 2. The zero-order valence-corrected chi connectivity index (χ0v) is 40.7. The summed E-state index contributed by atoms with van der Waals surface area (Å²) in [7, 11) is 0. The van der Waals surface area contributed by atoms with E-state index in [0.717, 1.165) is 78.4 Å². The molecule has 0 aliphatic carbocycles. The highest BCUT2D eigenvalue weighted by atomic mass is 15.0. The third-order valence-corrected chi connectivity index (χ3v) is 15.0. The molecular formula is C70H45N5. The van der Waals surface area contributed by atoms with Gasteiger partial charge >= 0.3 is 0 Å². The minimum atomic E-state index is 0.660. The molecule has 5 nitrogen and oxygen atoms in total. The SMILES string of the molecule is c1ccc(-c2cc(-c3ccccc3)nc(-c3cc(-c4ccccc4)c(-n4c5ccccc5c5c4ccc4c6ccc7c(c8ccccc8n7-c7ccccc7)c6n(-c6ccccc6)c45)c(-c4ccccc4)c3)n2)cc1. The van der Waals surface area contributed by atoms with E-state index in [2.05, 4.69) is 275 Å². The zero-order valence-electron chi connectivity index (χ0n) is 40.7. The van der Waals surface area contributed by atoms with Gasteiger partial charge in [0.1, 0.15) is 0 Å². The summed E-state index contributed by atoms with van der Waals surface area (Å²) in [5.74, 6) is 0.660. The Morgan fingerprint density at radius 3 is 1.09 bits per heavy atom. The van der Waals surface area contributed by atoms with Crippen molar-refractivity contribution in [3.63, 3.8) is 0 Å². The first-order valence-electron chi connectivity index (χ1n) is 25.6. The fourth-order valence-corrected chi connectivity index (χ4v) is 11.8.